The van der Waals surface area contributed by atoms with Crippen LogP contribution < -0.4 is 10.6 Å². The van der Waals surface area contributed by atoms with Crippen molar-refractivity contribution in [1.82, 2.24) is 20.5 Å². The van der Waals surface area contributed by atoms with Gasteiger partial charge in [-0.25, -0.2) is 4.98 Å². The number of nitrogens with zero attached hydrogens (tertiary/aromatic N) is 3. The Balaban J connectivity index is 0.00000280. The summed E-state index contributed by atoms with van der Waals surface area (Å²) in [6, 6.07) is 11.8. The minimum Gasteiger partial charge on any atom is -0.354 e. The van der Waals surface area contributed by atoms with Crippen molar-refractivity contribution in [2.24, 2.45) is 4.99 Å². The van der Waals surface area contributed by atoms with Crippen molar-refractivity contribution in [3.63, 3.8) is 0 Å². The van der Waals surface area contributed by atoms with Crippen molar-refractivity contribution < 1.29 is 0 Å². The molecule has 7 heteroatoms. The lowest BCUT2D eigenvalue weighted by atomic mass is 9.97. The van der Waals surface area contributed by atoms with Crippen molar-refractivity contribution in [3.05, 3.63) is 51.5 Å². The highest BCUT2D eigenvalue weighted by atomic mass is 127. The highest BCUT2D eigenvalue weighted by Gasteiger charge is 2.26. The number of aliphatic imine (C=N–C) groups is 1. The van der Waals surface area contributed by atoms with Crippen LogP contribution in [-0.4, -0.2) is 41.5 Å². The van der Waals surface area contributed by atoms with Crippen molar-refractivity contribution in [2.45, 2.75) is 58.8 Å². The molecule has 0 bridgehead atoms. The van der Waals surface area contributed by atoms with Gasteiger partial charge in [0, 0.05) is 37.1 Å². The quantitative estimate of drug-likeness (QED) is 0.359. The molecule has 0 radical (unpaired) electrons. The van der Waals surface area contributed by atoms with Crippen molar-refractivity contribution in [3.8, 4) is 0 Å². The van der Waals surface area contributed by atoms with Crippen LogP contribution in [0.3, 0.4) is 0 Å². The minimum atomic E-state index is 0. The van der Waals surface area contributed by atoms with Gasteiger partial charge in [0.2, 0.25) is 0 Å². The van der Waals surface area contributed by atoms with Crippen LogP contribution in [-0.2, 0) is 13.1 Å². The van der Waals surface area contributed by atoms with E-state index in [0.717, 1.165) is 49.1 Å². The molecule has 1 saturated heterocycles. The van der Waals surface area contributed by atoms with E-state index in [2.05, 4.69) is 76.6 Å². The molecule has 1 aliphatic rings. The van der Waals surface area contributed by atoms with E-state index in [-0.39, 0.29) is 24.0 Å². The Morgan fingerprint density at radius 1 is 1.29 bits per heavy atom. The van der Waals surface area contributed by atoms with E-state index in [4.69, 9.17) is 0 Å². The fourth-order valence-corrected chi connectivity index (χ4v) is 4.44. The second-order valence-corrected chi connectivity index (χ2v) is 8.63. The van der Waals surface area contributed by atoms with Gasteiger partial charge in [-0.1, -0.05) is 30.3 Å². The number of benzene rings is 1. The monoisotopic (exact) mass is 513 g/mol. The molecule has 5 nitrogen and oxygen atoms in total. The Labute approximate surface area is 190 Å². The normalized spacial score (nSPS) is 20.5. The zero-order valence-corrected chi connectivity index (χ0v) is 20.4. The molecule has 1 aromatic carbocycles. The van der Waals surface area contributed by atoms with E-state index in [1.807, 2.05) is 7.05 Å². The second kappa shape index (κ2) is 11.1. The predicted octanol–water partition coefficient (Wildman–Crippen LogP) is 4.10. The third kappa shape index (κ3) is 6.42. The van der Waals surface area contributed by atoms with Gasteiger partial charge in [-0.3, -0.25) is 9.89 Å². The number of halogens is 1. The average molecular weight is 513 g/mol. The smallest absolute Gasteiger partial charge is 0.191 e. The van der Waals surface area contributed by atoms with Crippen LogP contribution in [0.15, 0.2) is 35.3 Å². The van der Waals surface area contributed by atoms with Crippen molar-refractivity contribution in [1.29, 1.82) is 0 Å². The summed E-state index contributed by atoms with van der Waals surface area (Å²) in [6.07, 6.45) is 2.26. The number of aromatic nitrogens is 1. The van der Waals surface area contributed by atoms with Gasteiger partial charge >= 0.3 is 0 Å². The molecule has 2 unspecified atom stereocenters. The number of thiazole rings is 1. The summed E-state index contributed by atoms with van der Waals surface area (Å²) < 4.78 is 0. The SMILES string of the molecule is CN=C(NCc1nc(C)c(C)s1)NC1CCN(Cc2ccccc2)C(C)C1.I. The number of nitrogens with one attached hydrogen (secondary N) is 2. The van der Waals surface area contributed by atoms with Gasteiger partial charge in [0.15, 0.2) is 5.96 Å². The molecule has 1 aliphatic heterocycles. The van der Waals surface area contributed by atoms with Crippen LogP contribution in [0.5, 0.6) is 0 Å². The average Bonchev–Trinajstić information content (AvgIpc) is 2.99. The maximum absolute atomic E-state index is 4.59. The molecule has 0 saturated carbocycles. The van der Waals surface area contributed by atoms with E-state index in [1.165, 1.54) is 10.4 Å². The first-order chi connectivity index (χ1) is 13.0. The standard InChI is InChI=1S/C21H31N5S.HI/c1-15-12-19(10-11-26(15)14-18-8-6-5-7-9-18)25-21(22-4)23-13-20-24-16(2)17(3)27-20;/h5-9,15,19H,10-14H2,1-4H3,(H2,22,23,25);1H. The largest absolute Gasteiger partial charge is 0.354 e. The number of piperidine rings is 1. The van der Waals surface area contributed by atoms with Crippen LogP contribution in [0.1, 0.15) is 40.9 Å². The van der Waals surface area contributed by atoms with Crippen LogP contribution in [0, 0.1) is 13.8 Å². The van der Waals surface area contributed by atoms with E-state index in [9.17, 15) is 0 Å². The summed E-state index contributed by atoms with van der Waals surface area (Å²) in [5.41, 5.74) is 2.52. The Morgan fingerprint density at radius 2 is 2.04 bits per heavy atom. The molecule has 0 spiro atoms. The lowest BCUT2D eigenvalue weighted by Crippen LogP contribution is -2.51. The summed E-state index contributed by atoms with van der Waals surface area (Å²) in [5.74, 6) is 0.870. The van der Waals surface area contributed by atoms with Gasteiger partial charge < -0.3 is 10.6 Å². The Hall–Kier alpha value is -1.19. The maximum atomic E-state index is 4.59. The zero-order chi connectivity index (χ0) is 19.2. The van der Waals surface area contributed by atoms with E-state index in [0.29, 0.717) is 12.1 Å². The summed E-state index contributed by atoms with van der Waals surface area (Å²) >= 11 is 1.75. The van der Waals surface area contributed by atoms with Crippen LogP contribution in [0.25, 0.3) is 0 Å². The molecule has 0 amide bonds. The zero-order valence-electron chi connectivity index (χ0n) is 17.2. The van der Waals surface area contributed by atoms with Gasteiger partial charge in [-0.15, -0.1) is 35.3 Å². The van der Waals surface area contributed by atoms with Gasteiger partial charge in [0.05, 0.1) is 12.2 Å². The fraction of sp³-hybridized carbons (Fsp3) is 0.524. The van der Waals surface area contributed by atoms with Gasteiger partial charge in [-0.2, -0.15) is 0 Å². The van der Waals surface area contributed by atoms with E-state index in [1.54, 1.807) is 11.3 Å². The molecule has 2 N–H and O–H groups in total. The summed E-state index contributed by atoms with van der Waals surface area (Å²) in [5, 5.41) is 8.12. The maximum Gasteiger partial charge on any atom is 0.191 e. The van der Waals surface area contributed by atoms with Gasteiger partial charge in [0.1, 0.15) is 5.01 Å². The third-order valence-electron chi connectivity index (χ3n) is 5.29. The molecule has 0 aliphatic carbocycles. The first-order valence-corrected chi connectivity index (χ1v) is 10.5. The first kappa shape index (κ1) is 23.1. The highest BCUT2D eigenvalue weighted by Crippen LogP contribution is 2.20. The molecule has 2 heterocycles. The lowest BCUT2D eigenvalue weighted by Gasteiger charge is -2.38. The number of likely N-dealkylation sites (tertiary alicyclic amines) is 1. The predicted molar refractivity (Wildman–Crippen MR) is 130 cm³/mol. The van der Waals surface area contributed by atoms with Crippen molar-refractivity contribution >= 4 is 41.3 Å². The molecule has 28 heavy (non-hydrogen) atoms. The molecule has 154 valence electrons. The Kier molecular flexibility index (Phi) is 9.17. The molecule has 2 aromatic rings. The van der Waals surface area contributed by atoms with Crippen LogP contribution in [0.4, 0.5) is 0 Å². The Morgan fingerprint density at radius 3 is 2.64 bits per heavy atom. The van der Waals surface area contributed by atoms with Gasteiger partial charge in [0.25, 0.3) is 0 Å². The topological polar surface area (TPSA) is 52.6 Å². The van der Waals surface area contributed by atoms with E-state index < -0.39 is 0 Å². The molecule has 3 rings (SSSR count). The summed E-state index contributed by atoms with van der Waals surface area (Å²) in [6.45, 7) is 9.37. The minimum absolute atomic E-state index is 0. The summed E-state index contributed by atoms with van der Waals surface area (Å²) in [7, 11) is 1.83. The van der Waals surface area contributed by atoms with Crippen LogP contribution >= 0.6 is 35.3 Å². The van der Waals surface area contributed by atoms with E-state index >= 15 is 0 Å². The second-order valence-electron chi connectivity index (χ2n) is 7.35. The number of rotatable bonds is 5. The molecular weight excluding hydrogens is 481 g/mol. The fourth-order valence-electron chi connectivity index (χ4n) is 3.57. The number of guanidine groups is 1. The first-order valence-electron chi connectivity index (χ1n) is 9.73. The third-order valence-corrected chi connectivity index (χ3v) is 6.36. The van der Waals surface area contributed by atoms with Gasteiger partial charge in [-0.05, 0) is 39.2 Å². The summed E-state index contributed by atoms with van der Waals surface area (Å²) in [4.78, 5) is 12.8. The molecule has 1 aromatic heterocycles. The molecular formula is C21H32IN5S. The number of hydrogen-bond acceptors (Lipinski definition) is 4. The Bertz CT molecular complexity index is 742. The van der Waals surface area contributed by atoms with Crippen LogP contribution in [0.2, 0.25) is 0 Å². The number of aryl methyl sites for hydroxylation is 2. The number of hydrogen-bond donors (Lipinski definition) is 2. The molecule has 2 atom stereocenters. The molecule has 1 fully saturated rings. The lowest BCUT2D eigenvalue weighted by molar-refractivity contribution is 0.134. The van der Waals surface area contributed by atoms with Crippen molar-refractivity contribution in [2.75, 3.05) is 13.6 Å². The highest BCUT2D eigenvalue weighted by molar-refractivity contribution is 14.0.